The number of ketones is 1. The number of benzene rings is 1. The smallest absolute Gasteiger partial charge is 0.158 e. The number of aliphatic hydroxyl groups is 1. The van der Waals surface area contributed by atoms with Crippen LogP contribution in [0.3, 0.4) is 0 Å². The predicted octanol–water partition coefficient (Wildman–Crippen LogP) is 2.70. The van der Waals surface area contributed by atoms with E-state index in [1.54, 1.807) is 0 Å². The maximum absolute atomic E-state index is 11.0. The zero-order chi connectivity index (χ0) is 12.0. The summed E-state index contributed by atoms with van der Waals surface area (Å²) < 4.78 is 0. The third-order valence-corrected chi connectivity index (χ3v) is 2.99. The van der Waals surface area contributed by atoms with Crippen molar-refractivity contribution in [1.29, 1.82) is 0 Å². The Bertz CT molecular complexity index is 328. The van der Waals surface area contributed by atoms with Gasteiger partial charge in [-0.25, -0.2) is 0 Å². The minimum absolute atomic E-state index is 0.0659. The van der Waals surface area contributed by atoms with Crippen LogP contribution in [0.25, 0.3) is 0 Å². The minimum atomic E-state index is -0.328. The molecule has 0 saturated carbocycles. The monoisotopic (exact) mass is 220 g/mol. The lowest BCUT2D eigenvalue weighted by Gasteiger charge is -2.25. The van der Waals surface area contributed by atoms with Gasteiger partial charge in [-0.15, -0.1) is 0 Å². The normalized spacial score (nSPS) is 11.4. The van der Waals surface area contributed by atoms with Gasteiger partial charge in [-0.2, -0.15) is 0 Å². The first kappa shape index (κ1) is 12.9. The molecule has 88 valence electrons. The van der Waals surface area contributed by atoms with E-state index in [0.29, 0.717) is 6.42 Å². The number of carbonyl (C=O) groups excluding carboxylic acids is 1. The van der Waals surface area contributed by atoms with E-state index in [-0.39, 0.29) is 17.8 Å². The van der Waals surface area contributed by atoms with Crippen molar-refractivity contribution < 1.29 is 9.90 Å². The van der Waals surface area contributed by atoms with Crippen molar-refractivity contribution in [2.45, 2.75) is 38.5 Å². The highest BCUT2D eigenvalue weighted by Crippen LogP contribution is 2.28. The molecule has 0 aromatic heterocycles. The first-order valence-corrected chi connectivity index (χ1v) is 5.74. The van der Waals surface area contributed by atoms with Crippen LogP contribution in [0.2, 0.25) is 0 Å². The Morgan fingerprint density at radius 1 is 1.25 bits per heavy atom. The van der Waals surface area contributed by atoms with Crippen molar-refractivity contribution in [1.82, 2.24) is 0 Å². The zero-order valence-electron chi connectivity index (χ0n) is 10.1. The molecule has 1 aromatic carbocycles. The Balaban J connectivity index is 2.49. The van der Waals surface area contributed by atoms with Gasteiger partial charge in [0, 0.05) is 6.42 Å². The van der Waals surface area contributed by atoms with E-state index in [1.165, 1.54) is 5.56 Å². The van der Waals surface area contributed by atoms with E-state index < -0.39 is 0 Å². The molecule has 0 amide bonds. The summed E-state index contributed by atoms with van der Waals surface area (Å²) in [6.07, 6.45) is 2.27. The third-order valence-electron chi connectivity index (χ3n) is 2.99. The molecule has 0 unspecified atom stereocenters. The van der Waals surface area contributed by atoms with E-state index in [9.17, 15) is 4.79 Å². The Labute approximate surface area is 97.3 Å². The number of Topliss-reactive ketones (excluding diaryl/α,β-unsaturated/α-hetero) is 1. The Morgan fingerprint density at radius 2 is 1.88 bits per heavy atom. The van der Waals surface area contributed by atoms with E-state index >= 15 is 0 Å². The van der Waals surface area contributed by atoms with Gasteiger partial charge in [0.05, 0.1) is 0 Å². The molecule has 16 heavy (non-hydrogen) atoms. The van der Waals surface area contributed by atoms with Crippen LogP contribution < -0.4 is 0 Å². The molecule has 0 fully saturated rings. The summed E-state index contributed by atoms with van der Waals surface area (Å²) in [5.74, 6) is -0.0659. The van der Waals surface area contributed by atoms with Gasteiger partial charge in [0.15, 0.2) is 5.78 Å². The lowest BCUT2D eigenvalue weighted by atomic mass is 9.80. The number of hydrogen-bond acceptors (Lipinski definition) is 2. The first-order valence-electron chi connectivity index (χ1n) is 5.74. The topological polar surface area (TPSA) is 37.3 Å². The molecule has 0 bridgehead atoms. The molecule has 1 rings (SSSR count). The summed E-state index contributed by atoms with van der Waals surface area (Å²) >= 11 is 0. The molecular weight excluding hydrogens is 200 g/mol. The van der Waals surface area contributed by atoms with Gasteiger partial charge in [-0.3, -0.25) is 4.79 Å². The molecule has 0 aliphatic heterocycles. The highest BCUT2D eigenvalue weighted by atomic mass is 16.3. The largest absolute Gasteiger partial charge is 0.389 e. The Morgan fingerprint density at radius 3 is 2.44 bits per heavy atom. The van der Waals surface area contributed by atoms with Gasteiger partial charge >= 0.3 is 0 Å². The average molecular weight is 220 g/mol. The van der Waals surface area contributed by atoms with Gasteiger partial charge in [0.2, 0.25) is 0 Å². The quantitative estimate of drug-likeness (QED) is 0.800. The fourth-order valence-corrected chi connectivity index (χ4v) is 1.84. The van der Waals surface area contributed by atoms with Crippen molar-refractivity contribution in [2.24, 2.45) is 0 Å². The van der Waals surface area contributed by atoms with E-state index in [2.05, 4.69) is 26.0 Å². The van der Waals surface area contributed by atoms with Crippen LogP contribution in [-0.4, -0.2) is 17.5 Å². The third kappa shape index (κ3) is 3.78. The summed E-state index contributed by atoms with van der Waals surface area (Å²) in [6, 6.07) is 10.3. The van der Waals surface area contributed by atoms with Gasteiger partial charge in [-0.1, -0.05) is 44.2 Å². The van der Waals surface area contributed by atoms with E-state index in [1.807, 2.05) is 18.2 Å². The molecule has 0 atom stereocenters. The number of aliphatic hydroxyl groups excluding tert-OH is 1. The molecule has 0 aliphatic carbocycles. The molecule has 0 radical (unpaired) electrons. The highest BCUT2D eigenvalue weighted by molar-refractivity contribution is 5.79. The number of carbonyl (C=O) groups is 1. The van der Waals surface area contributed by atoms with Gasteiger partial charge < -0.3 is 5.11 Å². The number of hydrogen-bond donors (Lipinski definition) is 1. The Kier molecular flexibility index (Phi) is 4.69. The van der Waals surface area contributed by atoms with Crippen molar-refractivity contribution in [3.05, 3.63) is 35.9 Å². The summed E-state index contributed by atoms with van der Waals surface area (Å²) in [5.41, 5.74) is 1.39. The van der Waals surface area contributed by atoms with Gasteiger partial charge in [0.25, 0.3) is 0 Å². The molecule has 0 saturated heterocycles. The molecule has 2 nitrogen and oxygen atoms in total. The number of rotatable bonds is 6. The van der Waals surface area contributed by atoms with Crippen molar-refractivity contribution in [2.75, 3.05) is 6.61 Å². The summed E-state index contributed by atoms with van der Waals surface area (Å²) in [5, 5.41) is 8.63. The minimum Gasteiger partial charge on any atom is -0.389 e. The SMILES string of the molecule is CC(C)(CCCC(=O)CO)c1ccccc1. The molecule has 0 spiro atoms. The molecule has 2 heteroatoms. The summed E-state index contributed by atoms with van der Waals surface area (Å²) in [4.78, 5) is 11.0. The molecule has 0 aliphatic rings. The maximum Gasteiger partial charge on any atom is 0.158 e. The standard InChI is InChI=1S/C14H20O2/c1-14(2,10-6-9-13(16)11-15)12-7-4-3-5-8-12/h3-5,7-8,15H,6,9-11H2,1-2H3. The first-order chi connectivity index (χ1) is 7.56. The lowest BCUT2D eigenvalue weighted by molar-refractivity contribution is -0.121. The molecule has 0 heterocycles. The van der Waals surface area contributed by atoms with Crippen molar-refractivity contribution in [3.8, 4) is 0 Å². The van der Waals surface area contributed by atoms with Gasteiger partial charge in [-0.05, 0) is 23.8 Å². The van der Waals surface area contributed by atoms with Crippen LogP contribution in [0.5, 0.6) is 0 Å². The summed E-state index contributed by atoms with van der Waals surface area (Å²) in [6.45, 7) is 4.04. The summed E-state index contributed by atoms with van der Waals surface area (Å²) in [7, 11) is 0. The Hall–Kier alpha value is -1.15. The second-order valence-electron chi connectivity index (χ2n) is 4.80. The average Bonchev–Trinajstić information content (AvgIpc) is 2.30. The van der Waals surface area contributed by atoms with Crippen molar-refractivity contribution >= 4 is 5.78 Å². The molecule has 1 N–H and O–H groups in total. The lowest BCUT2D eigenvalue weighted by Crippen LogP contribution is -2.17. The van der Waals surface area contributed by atoms with E-state index in [4.69, 9.17) is 5.11 Å². The fraction of sp³-hybridized carbons (Fsp3) is 0.500. The highest BCUT2D eigenvalue weighted by Gasteiger charge is 2.19. The van der Waals surface area contributed by atoms with E-state index in [0.717, 1.165) is 12.8 Å². The van der Waals surface area contributed by atoms with Crippen LogP contribution in [0.1, 0.15) is 38.7 Å². The predicted molar refractivity (Wildman–Crippen MR) is 65.4 cm³/mol. The van der Waals surface area contributed by atoms with Crippen LogP contribution in [-0.2, 0) is 10.2 Å². The van der Waals surface area contributed by atoms with Crippen LogP contribution >= 0.6 is 0 Å². The second kappa shape index (κ2) is 5.80. The fourth-order valence-electron chi connectivity index (χ4n) is 1.84. The molecule has 1 aromatic rings. The van der Waals surface area contributed by atoms with Crippen LogP contribution in [0.15, 0.2) is 30.3 Å². The zero-order valence-corrected chi connectivity index (χ0v) is 10.1. The van der Waals surface area contributed by atoms with Crippen LogP contribution in [0.4, 0.5) is 0 Å². The van der Waals surface area contributed by atoms with Crippen molar-refractivity contribution in [3.63, 3.8) is 0 Å². The molecular formula is C14H20O2. The second-order valence-corrected chi connectivity index (χ2v) is 4.80. The van der Waals surface area contributed by atoms with Crippen LogP contribution in [0, 0.1) is 0 Å². The van der Waals surface area contributed by atoms with Gasteiger partial charge in [0.1, 0.15) is 6.61 Å². The maximum atomic E-state index is 11.0.